The summed E-state index contributed by atoms with van der Waals surface area (Å²) in [5.74, 6) is -0.231. The van der Waals surface area contributed by atoms with E-state index in [0.717, 1.165) is 18.4 Å². The number of halogens is 1. The highest BCUT2D eigenvalue weighted by molar-refractivity contribution is 6.30. The van der Waals surface area contributed by atoms with E-state index >= 15 is 0 Å². The molecule has 1 amide bonds. The summed E-state index contributed by atoms with van der Waals surface area (Å²) in [4.78, 5) is 14.7. The van der Waals surface area contributed by atoms with Gasteiger partial charge in [0.1, 0.15) is 0 Å². The van der Waals surface area contributed by atoms with Crippen LogP contribution in [-0.4, -0.2) is 59.7 Å². The fourth-order valence-electron chi connectivity index (χ4n) is 3.04. The zero-order chi connectivity index (χ0) is 18.5. The van der Waals surface area contributed by atoms with Crippen LogP contribution in [0.5, 0.6) is 0 Å². The molecule has 1 aromatic carbocycles. The summed E-state index contributed by atoms with van der Waals surface area (Å²) in [7, 11) is 3.94. The Balaban J connectivity index is 1.71. The maximum atomic E-state index is 12.7. The van der Waals surface area contributed by atoms with E-state index in [2.05, 4.69) is 15.6 Å². The molecule has 0 saturated carbocycles. The number of ether oxygens (including phenoxy) is 1. The van der Waals surface area contributed by atoms with E-state index in [1.54, 1.807) is 10.9 Å². The summed E-state index contributed by atoms with van der Waals surface area (Å²) >= 11 is 5.97. The highest BCUT2D eigenvalue weighted by Gasteiger charge is 2.22. The predicted octanol–water partition coefficient (Wildman–Crippen LogP) is 2.32. The third kappa shape index (κ3) is 4.81. The van der Waals surface area contributed by atoms with Crippen LogP contribution < -0.4 is 5.32 Å². The van der Waals surface area contributed by atoms with Crippen molar-refractivity contribution in [1.82, 2.24) is 25.2 Å². The molecule has 1 saturated heterocycles. The fraction of sp³-hybridized carbons (Fsp3) is 0.500. The van der Waals surface area contributed by atoms with E-state index in [1.807, 2.05) is 43.3 Å². The molecule has 0 spiro atoms. The Labute approximate surface area is 158 Å². The molecule has 3 rings (SSSR count). The molecule has 1 N–H and O–H groups in total. The maximum absolute atomic E-state index is 12.7. The SMILES string of the molecule is CN(C)CC(NC(=O)c1cn(C2CCOCC2)nn1)c1ccc(Cl)cc1. The Morgan fingerprint density at radius 1 is 1.35 bits per heavy atom. The topological polar surface area (TPSA) is 72.3 Å². The van der Waals surface area contributed by atoms with E-state index in [-0.39, 0.29) is 18.0 Å². The Kier molecular flexibility index (Phi) is 6.24. The molecule has 1 atom stereocenters. The van der Waals surface area contributed by atoms with Crippen LogP contribution in [0.1, 0.15) is 41.0 Å². The van der Waals surface area contributed by atoms with Crippen LogP contribution >= 0.6 is 11.6 Å². The van der Waals surface area contributed by atoms with Crippen LogP contribution in [0.3, 0.4) is 0 Å². The highest BCUT2D eigenvalue weighted by atomic mass is 35.5. The lowest BCUT2D eigenvalue weighted by Gasteiger charge is -2.22. The molecule has 0 radical (unpaired) electrons. The van der Waals surface area contributed by atoms with Crippen molar-refractivity contribution in [2.24, 2.45) is 0 Å². The molecule has 1 fully saturated rings. The van der Waals surface area contributed by atoms with Crippen molar-refractivity contribution in [2.75, 3.05) is 33.9 Å². The molecule has 8 heteroatoms. The van der Waals surface area contributed by atoms with Crippen molar-refractivity contribution in [2.45, 2.75) is 24.9 Å². The number of carbonyl (C=O) groups is 1. The number of aromatic nitrogens is 3. The number of carbonyl (C=O) groups excluding carboxylic acids is 1. The van der Waals surface area contributed by atoms with Gasteiger partial charge in [0, 0.05) is 24.8 Å². The first-order chi connectivity index (χ1) is 12.5. The summed E-state index contributed by atoms with van der Waals surface area (Å²) in [6.07, 6.45) is 3.50. The van der Waals surface area contributed by atoms with Crippen LogP contribution in [0.25, 0.3) is 0 Å². The van der Waals surface area contributed by atoms with Crippen LogP contribution in [0.4, 0.5) is 0 Å². The van der Waals surface area contributed by atoms with Crippen molar-refractivity contribution in [3.05, 3.63) is 46.7 Å². The number of hydrogen-bond acceptors (Lipinski definition) is 5. The van der Waals surface area contributed by atoms with Gasteiger partial charge in [-0.3, -0.25) is 4.79 Å². The maximum Gasteiger partial charge on any atom is 0.273 e. The average Bonchev–Trinajstić information content (AvgIpc) is 3.12. The monoisotopic (exact) mass is 377 g/mol. The molecule has 1 aliphatic heterocycles. The summed E-state index contributed by atoms with van der Waals surface area (Å²) < 4.78 is 7.15. The van der Waals surface area contributed by atoms with Gasteiger partial charge in [-0.15, -0.1) is 5.10 Å². The first-order valence-electron chi connectivity index (χ1n) is 8.73. The molecule has 2 heterocycles. The van der Waals surface area contributed by atoms with E-state index in [1.165, 1.54) is 0 Å². The number of rotatable bonds is 6. The number of likely N-dealkylation sites (N-methyl/N-ethyl adjacent to an activating group) is 1. The Hall–Kier alpha value is -1.96. The summed E-state index contributed by atoms with van der Waals surface area (Å²) in [5, 5.41) is 11.9. The third-order valence-electron chi connectivity index (χ3n) is 4.43. The molecule has 1 unspecified atom stereocenters. The van der Waals surface area contributed by atoms with E-state index < -0.39 is 0 Å². The quantitative estimate of drug-likeness (QED) is 0.836. The second-order valence-electron chi connectivity index (χ2n) is 6.77. The molecule has 0 bridgehead atoms. The molecular weight excluding hydrogens is 354 g/mol. The lowest BCUT2D eigenvalue weighted by Crippen LogP contribution is -2.35. The fourth-order valence-corrected chi connectivity index (χ4v) is 3.16. The van der Waals surface area contributed by atoms with Crippen LogP contribution in [-0.2, 0) is 4.74 Å². The second-order valence-corrected chi connectivity index (χ2v) is 7.20. The number of amides is 1. The minimum atomic E-state index is -0.231. The lowest BCUT2D eigenvalue weighted by atomic mass is 10.1. The van der Waals surface area contributed by atoms with Gasteiger partial charge in [0.2, 0.25) is 0 Å². The predicted molar refractivity (Wildman–Crippen MR) is 99.3 cm³/mol. The highest BCUT2D eigenvalue weighted by Crippen LogP contribution is 2.20. The first kappa shape index (κ1) is 18.8. The van der Waals surface area contributed by atoms with Crippen LogP contribution in [0.15, 0.2) is 30.5 Å². The van der Waals surface area contributed by atoms with Crippen molar-refractivity contribution >= 4 is 17.5 Å². The van der Waals surface area contributed by atoms with Gasteiger partial charge < -0.3 is 15.0 Å². The Bertz CT molecular complexity index is 725. The van der Waals surface area contributed by atoms with Crippen LogP contribution in [0.2, 0.25) is 5.02 Å². The van der Waals surface area contributed by atoms with E-state index in [9.17, 15) is 4.79 Å². The van der Waals surface area contributed by atoms with Crippen molar-refractivity contribution < 1.29 is 9.53 Å². The number of benzene rings is 1. The third-order valence-corrected chi connectivity index (χ3v) is 4.69. The van der Waals surface area contributed by atoms with Gasteiger partial charge in [0.05, 0.1) is 18.3 Å². The van der Waals surface area contributed by atoms with Gasteiger partial charge >= 0.3 is 0 Å². The lowest BCUT2D eigenvalue weighted by molar-refractivity contribution is 0.0657. The molecular formula is C18H24ClN5O2. The zero-order valence-corrected chi connectivity index (χ0v) is 15.8. The van der Waals surface area contributed by atoms with Gasteiger partial charge in [-0.1, -0.05) is 28.9 Å². The van der Waals surface area contributed by atoms with Gasteiger partial charge in [0.25, 0.3) is 5.91 Å². The zero-order valence-electron chi connectivity index (χ0n) is 15.1. The van der Waals surface area contributed by atoms with Crippen molar-refractivity contribution in [3.63, 3.8) is 0 Å². The molecule has 2 aromatic rings. The summed E-state index contributed by atoms with van der Waals surface area (Å²) in [6.45, 7) is 2.10. The van der Waals surface area contributed by atoms with Crippen molar-refractivity contribution in [1.29, 1.82) is 0 Å². The Morgan fingerprint density at radius 3 is 2.69 bits per heavy atom. The molecule has 1 aliphatic rings. The number of nitrogens with one attached hydrogen (secondary N) is 1. The number of nitrogens with zero attached hydrogens (tertiary/aromatic N) is 4. The van der Waals surface area contributed by atoms with Gasteiger partial charge in [0.15, 0.2) is 5.69 Å². The average molecular weight is 378 g/mol. The molecule has 0 aliphatic carbocycles. The van der Waals surface area contributed by atoms with E-state index in [0.29, 0.717) is 30.5 Å². The van der Waals surface area contributed by atoms with Gasteiger partial charge in [-0.05, 0) is 44.6 Å². The van der Waals surface area contributed by atoms with Gasteiger partial charge in [-0.2, -0.15) is 0 Å². The van der Waals surface area contributed by atoms with E-state index in [4.69, 9.17) is 16.3 Å². The molecule has 26 heavy (non-hydrogen) atoms. The summed E-state index contributed by atoms with van der Waals surface area (Å²) in [6, 6.07) is 7.58. The molecule has 1 aromatic heterocycles. The minimum Gasteiger partial charge on any atom is -0.381 e. The first-order valence-corrected chi connectivity index (χ1v) is 9.11. The number of hydrogen-bond donors (Lipinski definition) is 1. The molecule has 7 nitrogen and oxygen atoms in total. The van der Waals surface area contributed by atoms with Crippen LogP contribution in [0, 0.1) is 0 Å². The standard InChI is InChI=1S/C18H24ClN5O2/c1-23(2)11-16(13-3-5-14(19)6-4-13)20-18(25)17-12-24(22-21-17)15-7-9-26-10-8-15/h3-6,12,15-16H,7-11H2,1-2H3,(H,20,25). The van der Waals surface area contributed by atoms with Crippen molar-refractivity contribution in [3.8, 4) is 0 Å². The van der Waals surface area contributed by atoms with Gasteiger partial charge in [-0.25, -0.2) is 4.68 Å². The smallest absolute Gasteiger partial charge is 0.273 e. The normalized spacial score (nSPS) is 16.6. The summed E-state index contributed by atoms with van der Waals surface area (Å²) in [5.41, 5.74) is 1.32. The second kappa shape index (κ2) is 8.62. The largest absolute Gasteiger partial charge is 0.381 e. The minimum absolute atomic E-state index is 0.164. The Morgan fingerprint density at radius 2 is 2.04 bits per heavy atom. The molecule has 140 valence electrons.